The third kappa shape index (κ3) is 6.42. The highest BCUT2D eigenvalue weighted by molar-refractivity contribution is 6.14. The zero-order valence-electron chi connectivity index (χ0n) is 16.6. The van der Waals surface area contributed by atoms with Gasteiger partial charge in [0.1, 0.15) is 5.70 Å². The van der Waals surface area contributed by atoms with E-state index in [1.54, 1.807) is 11.8 Å². The van der Waals surface area contributed by atoms with Crippen molar-refractivity contribution in [1.82, 2.24) is 0 Å². The van der Waals surface area contributed by atoms with Gasteiger partial charge in [0.2, 0.25) is 0 Å². The molecule has 27 heavy (non-hydrogen) atoms. The standard InChI is InChI=1S/C22H32N2O3/c1-3-5-6-7-8-9-10-13-16-24-20-15-12-11-14-18(20)23-19(22(24)26)17-21(25)27-4-2/h11-12,14-15,17,23H,3-10,13,16H2,1-2H3/b19-17-. The molecule has 0 fully saturated rings. The van der Waals surface area contributed by atoms with Crippen LogP contribution in [0, 0.1) is 0 Å². The van der Waals surface area contributed by atoms with Crippen molar-refractivity contribution in [3.63, 3.8) is 0 Å². The van der Waals surface area contributed by atoms with E-state index in [0.717, 1.165) is 24.2 Å². The Bertz CT molecular complexity index is 655. The molecule has 1 heterocycles. The number of esters is 1. The van der Waals surface area contributed by atoms with Crippen molar-refractivity contribution >= 4 is 23.3 Å². The molecule has 0 radical (unpaired) electrons. The van der Waals surface area contributed by atoms with Crippen molar-refractivity contribution in [3.8, 4) is 0 Å². The molecule has 5 nitrogen and oxygen atoms in total. The second kappa shape index (κ2) is 11.4. The van der Waals surface area contributed by atoms with Crippen LogP contribution in [0.25, 0.3) is 0 Å². The summed E-state index contributed by atoms with van der Waals surface area (Å²) in [7, 11) is 0. The molecule has 0 unspecified atom stereocenters. The van der Waals surface area contributed by atoms with Crippen LogP contribution >= 0.6 is 0 Å². The van der Waals surface area contributed by atoms with Crippen molar-refractivity contribution < 1.29 is 14.3 Å². The molecule has 1 amide bonds. The van der Waals surface area contributed by atoms with E-state index in [4.69, 9.17) is 4.74 Å². The molecule has 0 spiro atoms. The lowest BCUT2D eigenvalue weighted by atomic mass is 10.1. The van der Waals surface area contributed by atoms with E-state index in [-0.39, 0.29) is 18.2 Å². The minimum absolute atomic E-state index is 0.176. The average Bonchev–Trinajstić information content (AvgIpc) is 2.66. The van der Waals surface area contributed by atoms with Crippen LogP contribution in [0.3, 0.4) is 0 Å². The molecule has 1 aliphatic rings. The number of hydrogen-bond donors (Lipinski definition) is 1. The van der Waals surface area contributed by atoms with Crippen LogP contribution in [0.1, 0.15) is 65.2 Å². The lowest BCUT2D eigenvalue weighted by Gasteiger charge is -2.31. The van der Waals surface area contributed by atoms with Gasteiger partial charge in [-0.1, -0.05) is 64.0 Å². The summed E-state index contributed by atoms with van der Waals surface area (Å²) in [6, 6.07) is 7.69. The van der Waals surface area contributed by atoms with E-state index in [1.807, 2.05) is 24.3 Å². The highest BCUT2D eigenvalue weighted by Gasteiger charge is 2.28. The van der Waals surface area contributed by atoms with E-state index >= 15 is 0 Å². The molecule has 1 aliphatic heterocycles. The van der Waals surface area contributed by atoms with Crippen molar-refractivity contribution in [2.24, 2.45) is 0 Å². The number of carbonyl (C=O) groups excluding carboxylic acids is 2. The SMILES string of the molecule is CCCCCCCCCCN1C(=O)/C(=C/C(=O)OCC)Nc2ccccc21. The van der Waals surface area contributed by atoms with Crippen molar-refractivity contribution in [2.45, 2.75) is 65.2 Å². The first-order chi connectivity index (χ1) is 13.2. The molecule has 0 aliphatic carbocycles. The van der Waals surface area contributed by atoms with Crippen LogP contribution in [0.4, 0.5) is 11.4 Å². The molecule has 148 valence electrons. The average molecular weight is 373 g/mol. The van der Waals surface area contributed by atoms with E-state index in [0.29, 0.717) is 6.54 Å². The highest BCUT2D eigenvalue weighted by Crippen LogP contribution is 2.32. The number of rotatable bonds is 11. The Morgan fingerprint density at radius 3 is 2.41 bits per heavy atom. The Hall–Kier alpha value is -2.30. The minimum atomic E-state index is -0.500. The molecule has 0 saturated carbocycles. The lowest BCUT2D eigenvalue weighted by molar-refractivity contribution is -0.137. The van der Waals surface area contributed by atoms with Gasteiger partial charge in [-0.05, 0) is 25.5 Å². The minimum Gasteiger partial charge on any atom is -0.463 e. The maximum absolute atomic E-state index is 12.9. The summed E-state index contributed by atoms with van der Waals surface area (Å²) in [6.45, 7) is 4.92. The van der Waals surface area contributed by atoms with Gasteiger partial charge in [-0.25, -0.2) is 4.79 Å². The number of para-hydroxylation sites is 2. The lowest BCUT2D eigenvalue weighted by Crippen LogP contribution is -2.39. The normalized spacial score (nSPS) is 14.8. The smallest absolute Gasteiger partial charge is 0.333 e. The van der Waals surface area contributed by atoms with E-state index in [2.05, 4.69) is 12.2 Å². The predicted molar refractivity (Wildman–Crippen MR) is 110 cm³/mol. The van der Waals surface area contributed by atoms with Crippen LogP contribution in [0.5, 0.6) is 0 Å². The van der Waals surface area contributed by atoms with Gasteiger partial charge in [-0.3, -0.25) is 4.79 Å². The third-order valence-electron chi connectivity index (χ3n) is 4.72. The summed E-state index contributed by atoms with van der Waals surface area (Å²) in [6.07, 6.45) is 11.0. The molecule has 5 heteroatoms. The number of ether oxygens (including phenoxy) is 1. The molecule has 0 bridgehead atoms. The predicted octanol–water partition coefficient (Wildman–Crippen LogP) is 5.03. The number of unbranched alkanes of at least 4 members (excludes halogenated alkanes) is 7. The van der Waals surface area contributed by atoms with E-state index in [9.17, 15) is 9.59 Å². The topological polar surface area (TPSA) is 58.6 Å². The van der Waals surface area contributed by atoms with Crippen LogP contribution in [0.2, 0.25) is 0 Å². The maximum atomic E-state index is 12.9. The van der Waals surface area contributed by atoms with Gasteiger partial charge >= 0.3 is 5.97 Å². The molecular formula is C22H32N2O3. The third-order valence-corrected chi connectivity index (χ3v) is 4.72. The van der Waals surface area contributed by atoms with Gasteiger partial charge < -0.3 is 15.0 Å². The maximum Gasteiger partial charge on any atom is 0.333 e. The Labute approximate surface area is 162 Å². The molecule has 2 rings (SSSR count). The molecule has 1 N–H and O–H groups in total. The van der Waals surface area contributed by atoms with Crippen LogP contribution < -0.4 is 10.2 Å². The Balaban J connectivity index is 1.95. The summed E-state index contributed by atoms with van der Waals surface area (Å²) in [5.41, 5.74) is 1.98. The number of nitrogens with zero attached hydrogens (tertiary/aromatic N) is 1. The fraction of sp³-hybridized carbons (Fsp3) is 0.545. The van der Waals surface area contributed by atoms with Gasteiger partial charge in [0, 0.05) is 6.54 Å². The number of hydrogen-bond acceptors (Lipinski definition) is 4. The quantitative estimate of drug-likeness (QED) is 0.336. The molecule has 1 aromatic rings. The monoisotopic (exact) mass is 372 g/mol. The van der Waals surface area contributed by atoms with Crippen molar-refractivity contribution in [1.29, 1.82) is 0 Å². The fourth-order valence-corrected chi connectivity index (χ4v) is 3.29. The van der Waals surface area contributed by atoms with Crippen LogP contribution in [-0.4, -0.2) is 25.0 Å². The first-order valence-electron chi connectivity index (χ1n) is 10.2. The number of carbonyl (C=O) groups is 2. The van der Waals surface area contributed by atoms with Gasteiger partial charge in [-0.15, -0.1) is 0 Å². The van der Waals surface area contributed by atoms with Crippen molar-refractivity contribution in [2.75, 3.05) is 23.4 Å². The second-order valence-electron chi connectivity index (χ2n) is 6.88. The van der Waals surface area contributed by atoms with Gasteiger partial charge in [-0.2, -0.15) is 0 Å². The van der Waals surface area contributed by atoms with E-state index in [1.165, 1.54) is 44.6 Å². The highest BCUT2D eigenvalue weighted by atomic mass is 16.5. The zero-order chi connectivity index (χ0) is 19.5. The molecule has 1 aromatic carbocycles. The van der Waals surface area contributed by atoms with Gasteiger partial charge in [0.05, 0.1) is 24.1 Å². The van der Waals surface area contributed by atoms with Gasteiger partial charge in [0.15, 0.2) is 0 Å². The van der Waals surface area contributed by atoms with Crippen molar-refractivity contribution in [3.05, 3.63) is 36.0 Å². The molecule has 0 aromatic heterocycles. The molecular weight excluding hydrogens is 340 g/mol. The Morgan fingerprint density at radius 2 is 1.70 bits per heavy atom. The summed E-state index contributed by atoms with van der Waals surface area (Å²) < 4.78 is 4.94. The molecule has 0 atom stereocenters. The number of benzene rings is 1. The number of nitrogens with one attached hydrogen (secondary N) is 1. The fourth-order valence-electron chi connectivity index (χ4n) is 3.29. The van der Waals surface area contributed by atoms with Gasteiger partial charge in [0.25, 0.3) is 5.91 Å². The number of fused-ring (bicyclic) bond motifs is 1. The first kappa shape index (κ1) is 21.0. The Kier molecular flexibility index (Phi) is 8.89. The zero-order valence-corrected chi connectivity index (χ0v) is 16.6. The van der Waals surface area contributed by atoms with Crippen LogP contribution in [-0.2, 0) is 14.3 Å². The number of anilines is 2. The summed E-state index contributed by atoms with van der Waals surface area (Å²) >= 11 is 0. The summed E-state index contributed by atoms with van der Waals surface area (Å²) in [4.78, 5) is 26.4. The first-order valence-corrected chi connectivity index (χ1v) is 10.2. The second-order valence-corrected chi connectivity index (χ2v) is 6.88. The largest absolute Gasteiger partial charge is 0.463 e. The van der Waals surface area contributed by atoms with Crippen LogP contribution in [0.15, 0.2) is 36.0 Å². The summed E-state index contributed by atoms with van der Waals surface area (Å²) in [5, 5.41) is 3.07. The molecule has 0 saturated heterocycles. The summed E-state index contributed by atoms with van der Waals surface area (Å²) in [5.74, 6) is -0.676. The number of amides is 1. The Morgan fingerprint density at radius 1 is 1.04 bits per heavy atom. The van der Waals surface area contributed by atoms with E-state index < -0.39 is 5.97 Å².